The van der Waals surface area contributed by atoms with Crippen LogP contribution in [0.5, 0.6) is 0 Å². The Balaban J connectivity index is 2.90. The van der Waals surface area contributed by atoms with E-state index in [-0.39, 0.29) is 9.79 Å². The van der Waals surface area contributed by atoms with Gasteiger partial charge in [0.05, 0.1) is 11.5 Å². The maximum Gasteiger partial charge on any atom is 0.262 e. The first-order valence-corrected chi connectivity index (χ1v) is 9.96. The van der Waals surface area contributed by atoms with E-state index in [9.17, 15) is 26.3 Å². The standard InChI is InChI=1S/C18H24F6S2/c1-15(2,3)17(21,22)9-25-11-7-8-12(14(20)13(11)19)26-10-18(23,24)16(4,5)6/h7-8H,9-10H2,1-6H3. The van der Waals surface area contributed by atoms with Crippen molar-refractivity contribution < 1.29 is 26.3 Å². The molecule has 8 heteroatoms. The summed E-state index contributed by atoms with van der Waals surface area (Å²) in [7, 11) is 0. The van der Waals surface area contributed by atoms with E-state index in [2.05, 4.69) is 0 Å². The third-order valence-corrected chi connectivity index (χ3v) is 6.29. The number of alkyl halides is 4. The van der Waals surface area contributed by atoms with Crippen LogP contribution in [0, 0.1) is 22.5 Å². The van der Waals surface area contributed by atoms with Crippen molar-refractivity contribution in [3.8, 4) is 0 Å². The Hall–Kier alpha value is -0.500. The lowest BCUT2D eigenvalue weighted by molar-refractivity contribution is -0.0741. The highest BCUT2D eigenvalue weighted by Crippen LogP contribution is 2.43. The van der Waals surface area contributed by atoms with Gasteiger partial charge in [0.15, 0.2) is 11.6 Å². The van der Waals surface area contributed by atoms with E-state index >= 15 is 0 Å². The third-order valence-electron chi connectivity index (χ3n) is 4.02. The van der Waals surface area contributed by atoms with Crippen LogP contribution in [0.25, 0.3) is 0 Å². The highest BCUT2D eigenvalue weighted by Gasteiger charge is 2.44. The molecule has 0 aliphatic rings. The van der Waals surface area contributed by atoms with Gasteiger partial charge in [-0.1, -0.05) is 41.5 Å². The molecule has 0 amide bonds. The molecule has 1 aromatic carbocycles. The molecule has 0 heterocycles. The molecule has 0 fully saturated rings. The molecule has 0 aliphatic heterocycles. The molecule has 26 heavy (non-hydrogen) atoms. The fraction of sp³-hybridized carbons (Fsp3) is 0.667. The van der Waals surface area contributed by atoms with Crippen molar-refractivity contribution in [3.63, 3.8) is 0 Å². The second kappa shape index (κ2) is 7.86. The summed E-state index contributed by atoms with van der Waals surface area (Å²) in [6.45, 7) is 8.16. The average Bonchev–Trinajstić information content (AvgIpc) is 2.45. The molecule has 0 spiro atoms. The molecular weight excluding hydrogens is 394 g/mol. The first-order chi connectivity index (χ1) is 11.5. The zero-order valence-electron chi connectivity index (χ0n) is 15.7. The smallest absolute Gasteiger partial charge is 0.205 e. The van der Waals surface area contributed by atoms with Crippen LogP contribution in [0.4, 0.5) is 26.3 Å². The summed E-state index contributed by atoms with van der Waals surface area (Å²) in [5.74, 6) is -10.2. The van der Waals surface area contributed by atoms with E-state index in [1.807, 2.05) is 0 Å². The molecule has 0 saturated heterocycles. The summed E-state index contributed by atoms with van der Waals surface area (Å²) < 4.78 is 84.2. The van der Waals surface area contributed by atoms with Gasteiger partial charge in [-0.15, -0.1) is 23.5 Å². The highest BCUT2D eigenvalue weighted by molar-refractivity contribution is 7.99. The molecule has 0 unspecified atom stereocenters. The van der Waals surface area contributed by atoms with Gasteiger partial charge in [0, 0.05) is 20.6 Å². The highest BCUT2D eigenvalue weighted by atomic mass is 32.2. The van der Waals surface area contributed by atoms with Crippen LogP contribution < -0.4 is 0 Å². The number of hydrogen-bond acceptors (Lipinski definition) is 2. The lowest BCUT2D eigenvalue weighted by atomic mass is 9.89. The van der Waals surface area contributed by atoms with Gasteiger partial charge in [-0.05, 0) is 12.1 Å². The van der Waals surface area contributed by atoms with Gasteiger partial charge in [0.2, 0.25) is 0 Å². The van der Waals surface area contributed by atoms with E-state index < -0.39 is 45.8 Å². The molecule has 0 N–H and O–H groups in total. The minimum Gasteiger partial charge on any atom is -0.205 e. The maximum atomic E-state index is 14.1. The van der Waals surface area contributed by atoms with Crippen LogP contribution in [0.3, 0.4) is 0 Å². The fourth-order valence-electron chi connectivity index (χ4n) is 1.51. The van der Waals surface area contributed by atoms with Crippen molar-refractivity contribution in [1.82, 2.24) is 0 Å². The van der Waals surface area contributed by atoms with Gasteiger partial charge < -0.3 is 0 Å². The molecule has 1 aromatic rings. The second-order valence-corrected chi connectivity index (χ2v) is 10.2. The molecule has 0 atom stereocenters. The summed E-state index contributed by atoms with van der Waals surface area (Å²) in [4.78, 5) is -0.531. The van der Waals surface area contributed by atoms with Crippen molar-refractivity contribution >= 4 is 23.5 Å². The first kappa shape index (κ1) is 23.5. The predicted molar refractivity (Wildman–Crippen MR) is 96.6 cm³/mol. The Morgan fingerprint density at radius 2 is 0.923 bits per heavy atom. The number of halogens is 6. The Morgan fingerprint density at radius 1 is 0.654 bits per heavy atom. The molecule has 1 rings (SSSR count). The van der Waals surface area contributed by atoms with Crippen LogP contribution in [0.15, 0.2) is 21.9 Å². The van der Waals surface area contributed by atoms with Crippen LogP contribution >= 0.6 is 23.5 Å². The minimum atomic E-state index is -3.08. The molecule has 150 valence electrons. The summed E-state index contributed by atoms with van der Waals surface area (Å²) >= 11 is 1.02. The molecule has 0 nitrogen and oxygen atoms in total. The Labute approximate surface area is 159 Å². The van der Waals surface area contributed by atoms with Crippen LogP contribution in [0.2, 0.25) is 0 Å². The van der Waals surface area contributed by atoms with Gasteiger partial charge in [-0.2, -0.15) is 0 Å². The maximum absolute atomic E-state index is 14.1. The lowest BCUT2D eigenvalue weighted by Gasteiger charge is -2.30. The Morgan fingerprint density at radius 3 is 1.15 bits per heavy atom. The van der Waals surface area contributed by atoms with E-state index in [0.29, 0.717) is 23.5 Å². The molecule has 0 saturated carbocycles. The summed E-state index contributed by atoms with van der Waals surface area (Å²) in [6, 6.07) is 2.30. The fourth-order valence-corrected chi connectivity index (χ4v) is 3.81. The Kier molecular flexibility index (Phi) is 7.11. The molecule has 0 aromatic heterocycles. The largest absolute Gasteiger partial charge is 0.262 e. The van der Waals surface area contributed by atoms with E-state index in [4.69, 9.17) is 0 Å². The molecule has 0 aliphatic carbocycles. The first-order valence-electron chi connectivity index (χ1n) is 7.99. The van der Waals surface area contributed by atoms with Crippen molar-refractivity contribution in [3.05, 3.63) is 23.8 Å². The van der Waals surface area contributed by atoms with Crippen molar-refractivity contribution in [2.24, 2.45) is 10.8 Å². The van der Waals surface area contributed by atoms with Crippen molar-refractivity contribution in [2.45, 2.75) is 63.2 Å². The zero-order chi connectivity index (χ0) is 20.6. The van der Waals surface area contributed by atoms with Gasteiger partial charge >= 0.3 is 0 Å². The summed E-state index contributed by atoms with van der Waals surface area (Å²) in [5.41, 5.74) is -2.63. The van der Waals surface area contributed by atoms with E-state index in [0.717, 1.165) is 12.1 Å². The van der Waals surface area contributed by atoms with Crippen LogP contribution in [0.1, 0.15) is 41.5 Å². The Bertz CT molecular complexity index is 575. The van der Waals surface area contributed by atoms with Crippen molar-refractivity contribution in [2.75, 3.05) is 11.5 Å². The SMILES string of the molecule is CC(C)(C)C(F)(F)CSc1ccc(SCC(F)(F)C(C)(C)C)c(F)c1F. The number of benzene rings is 1. The van der Waals surface area contributed by atoms with Gasteiger partial charge in [0.1, 0.15) is 0 Å². The molecular formula is C18H24F6S2. The number of rotatable bonds is 6. The second-order valence-electron chi connectivity index (χ2n) is 8.18. The average molecular weight is 419 g/mol. The van der Waals surface area contributed by atoms with Gasteiger partial charge in [-0.25, -0.2) is 26.3 Å². The van der Waals surface area contributed by atoms with Gasteiger partial charge in [0.25, 0.3) is 11.8 Å². The van der Waals surface area contributed by atoms with Crippen LogP contribution in [-0.4, -0.2) is 23.4 Å². The summed E-state index contributed by atoms with van der Waals surface area (Å²) in [5, 5.41) is 0. The molecule has 0 radical (unpaired) electrons. The quantitative estimate of drug-likeness (QED) is 0.346. The lowest BCUT2D eigenvalue weighted by Crippen LogP contribution is -2.36. The topological polar surface area (TPSA) is 0 Å². The summed E-state index contributed by atoms with van der Waals surface area (Å²) in [6.07, 6.45) is 0. The third kappa shape index (κ3) is 5.50. The van der Waals surface area contributed by atoms with E-state index in [1.54, 1.807) is 0 Å². The van der Waals surface area contributed by atoms with Gasteiger partial charge in [-0.3, -0.25) is 0 Å². The zero-order valence-corrected chi connectivity index (χ0v) is 17.3. The van der Waals surface area contributed by atoms with E-state index in [1.165, 1.54) is 41.5 Å². The monoisotopic (exact) mass is 418 g/mol. The number of thioether (sulfide) groups is 2. The van der Waals surface area contributed by atoms with Crippen LogP contribution in [-0.2, 0) is 0 Å². The predicted octanol–water partition coefficient (Wildman–Crippen LogP) is 7.51. The molecule has 0 bridgehead atoms. The number of hydrogen-bond donors (Lipinski definition) is 0. The normalized spacial score (nSPS) is 14.0. The minimum absolute atomic E-state index is 0.265. The van der Waals surface area contributed by atoms with Crippen molar-refractivity contribution in [1.29, 1.82) is 0 Å².